The van der Waals surface area contributed by atoms with Crippen molar-refractivity contribution >= 4 is 12.0 Å². The first-order valence-electron chi connectivity index (χ1n) is 5.74. The lowest BCUT2D eigenvalue weighted by atomic mass is 10.2. The number of rotatable bonds is 5. The molecule has 1 rings (SSSR count). The molecule has 0 aliphatic heterocycles. The fourth-order valence-corrected chi connectivity index (χ4v) is 1.27. The van der Waals surface area contributed by atoms with Gasteiger partial charge in [-0.1, -0.05) is 23.8 Å². The van der Waals surface area contributed by atoms with Crippen LogP contribution in [-0.4, -0.2) is 19.7 Å². The third-order valence-corrected chi connectivity index (χ3v) is 2.25. The van der Waals surface area contributed by atoms with Gasteiger partial charge in [0.1, 0.15) is 12.4 Å². The van der Waals surface area contributed by atoms with Crippen molar-refractivity contribution in [2.24, 2.45) is 0 Å². The Kier molecular flexibility index (Phi) is 5.71. The molecule has 0 amide bonds. The van der Waals surface area contributed by atoms with E-state index in [1.54, 1.807) is 6.08 Å². The van der Waals surface area contributed by atoms with Gasteiger partial charge in [-0.05, 0) is 32.1 Å². The van der Waals surface area contributed by atoms with E-state index in [0.29, 0.717) is 6.61 Å². The summed E-state index contributed by atoms with van der Waals surface area (Å²) < 4.78 is 10.2. The molecule has 0 aliphatic rings. The Hall–Kier alpha value is -2.03. The van der Waals surface area contributed by atoms with Crippen LogP contribution in [0.1, 0.15) is 19.4 Å². The molecule has 0 unspecified atom stereocenters. The molecule has 0 saturated carbocycles. The molecule has 3 nitrogen and oxygen atoms in total. The minimum atomic E-state index is -0.380. The smallest absolute Gasteiger partial charge is 0.330 e. The van der Waals surface area contributed by atoms with E-state index in [0.717, 1.165) is 11.3 Å². The molecule has 0 saturated heterocycles. The number of hydrogen-bond donors (Lipinski definition) is 0. The van der Waals surface area contributed by atoms with E-state index in [1.165, 1.54) is 18.8 Å². The molecule has 3 heteroatoms. The van der Waals surface area contributed by atoms with Gasteiger partial charge in [0.15, 0.2) is 0 Å². The highest BCUT2D eigenvalue weighted by molar-refractivity contribution is 5.87. The van der Waals surface area contributed by atoms with Gasteiger partial charge < -0.3 is 9.47 Å². The number of hydrogen-bond acceptors (Lipinski definition) is 3. The summed E-state index contributed by atoms with van der Waals surface area (Å²) >= 11 is 0. The summed E-state index contributed by atoms with van der Waals surface area (Å²) in [5, 5.41) is 0. The van der Waals surface area contributed by atoms with Crippen molar-refractivity contribution < 1.29 is 14.3 Å². The highest BCUT2D eigenvalue weighted by atomic mass is 16.5. The second-order valence-corrected chi connectivity index (χ2v) is 3.99. The SMILES string of the molecule is COC(=O)/C=C/c1ccccc1OCC=C(C)C. The first kappa shape index (κ1) is 14.0. The molecule has 0 spiro atoms. The lowest BCUT2D eigenvalue weighted by Crippen LogP contribution is -1.97. The number of carbonyl (C=O) groups excluding carboxylic acids is 1. The van der Waals surface area contributed by atoms with E-state index in [9.17, 15) is 4.79 Å². The third-order valence-electron chi connectivity index (χ3n) is 2.25. The van der Waals surface area contributed by atoms with Crippen molar-refractivity contribution in [3.63, 3.8) is 0 Å². The van der Waals surface area contributed by atoms with Gasteiger partial charge in [0.05, 0.1) is 7.11 Å². The second kappa shape index (κ2) is 7.33. The van der Waals surface area contributed by atoms with E-state index < -0.39 is 0 Å². The van der Waals surface area contributed by atoms with E-state index >= 15 is 0 Å². The first-order chi connectivity index (χ1) is 8.63. The monoisotopic (exact) mass is 246 g/mol. The molecule has 0 fully saturated rings. The average molecular weight is 246 g/mol. The number of carbonyl (C=O) groups is 1. The van der Waals surface area contributed by atoms with Gasteiger partial charge in [-0.2, -0.15) is 0 Å². The Morgan fingerprint density at radius 3 is 2.67 bits per heavy atom. The maximum Gasteiger partial charge on any atom is 0.330 e. The van der Waals surface area contributed by atoms with E-state index in [2.05, 4.69) is 4.74 Å². The van der Waals surface area contributed by atoms with Crippen molar-refractivity contribution in [3.05, 3.63) is 47.6 Å². The van der Waals surface area contributed by atoms with Crippen molar-refractivity contribution in [2.45, 2.75) is 13.8 Å². The Bertz CT molecular complexity index is 455. The number of benzene rings is 1. The van der Waals surface area contributed by atoms with Crippen LogP contribution < -0.4 is 4.74 Å². The molecule has 0 N–H and O–H groups in total. The van der Waals surface area contributed by atoms with Crippen LogP contribution in [-0.2, 0) is 9.53 Å². The Balaban J connectivity index is 2.76. The van der Waals surface area contributed by atoms with Crippen molar-refractivity contribution in [1.29, 1.82) is 0 Å². The van der Waals surface area contributed by atoms with Crippen LogP contribution in [0.3, 0.4) is 0 Å². The fourth-order valence-electron chi connectivity index (χ4n) is 1.27. The molecule has 1 aromatic rings. The van der Waals surface area contributed by atoms with Crippen LogP contribution in [0.15, 0.2) is 42.0 Å². The summed E-state index contributed by atoms with van der Waals surface area (Å²) in [4.78, 5) is 11.0. The summed E-state index contributed by atoms with van der Waals surface area (Å²) in [7, 11) is 1.35. The lowest BCUT2D eigenvalue weighted by molar-refractivity contribution is -0.134. The third kappa shape index (κ3) is 4.87. The van der Waals surface area contributed by atoms with Crippen LogP contribution in [0.2, 0.25) is 0 Å². The number of ether oxygens (including phenoxy) is 2. The van der Waals surface area contributed by atoms with E-state index in [4.69, 9.17) is 4.74 Å². The Labute approximate surface area is 108 Å². The number of esters is 1. The largest absolute Gasteiger partial charge is 0.489 e. The summed E-state index contributed by atoms with van der Waals surface area (Å²) in [6.07, 6.45) is 5.06. The minimum Gasteiger partial charge on any atom is -0.489 e. The zero-order chi connectivity index (χ0) is 13.4. The zero-order valence-electron chi connectivity index (χ0n) is 11.0. The van der Waals surface area contributed by atoms with Gasteiger partial charge in [0, 0.05) is 11.6 Å². The molecular weight excluding hydrogens is 228 g/mol. The second-order valence-electron chi connectivity index (χ2n) is 3.99. The van der Waals surface area contributed by atoms with Crippen LogP contribution in [0.5, 0.6) is 5.75 Å². The standard InChI is InChI=1S/C15H18O3/c1-12(2)10-11-18-14-7-5-4-6-13(14)8-9-15(16)17-3/h4-10H,11H2,1-3H3/b9-8+. The fraction of sp³-hybridized carbons (Fsp3) is 0.267. The summed E-state index contributed by atoms with van der Waals surface area (Å²) in [5.74, 6) is 0.365. The molecule has 0 heterocycles. The number of para-hydroxylation sites is 1. The summed E-state index contributed by atoms with van der Waals surface area (Å²) in [6, 6.07) is 7.55. The molecule has 0 radical (unpaired) electrons. The molecule has 0 atom stereocenters. The van der Waals surface area contributed by atoms with Crippen molar-refractivity contribution in [1.82, 2.24) is 0 Å². The van der Waals surface area contributed by atoms with Gasteiger partial charge in [0.25, 0.3) is 0 Å². The zero-order valence-corrected chi connectivity index (χ0v) is 11.0. The summed E-state index contributed by atoms with van der Waals surface area (Å²) in [6.45, 7) is 4.56. The molecule has 0 aromatic heterocycles. The highest BCUT2D eigenvalue weighted by Crippen LogP contribution is 2.19. The Morgan fingerprint density at radius 1 is 1.28 bits per heavy atom. The molecule has 18 heavy (non-hydrogen) atoms. The van der Waals surface area contributed by atoms with Crippen LogP contribution >= 0.6 is 0 Å². The summed E-state index contributed by atoms with van der Waals surface area (Å²) in [5.41, 5.74) is 2.06. The van der Waals surface area contributed by atoms with E-state index in [1.807, 2.05) is 44.2 Å². The average Bonchev–Trinajstić information content (AvgIpc) is 2.36. The van der Waals surface area contributed by atoms with Gasteiger partial charge in [-0.25, -0.2) is 4.79 Å². The van der Waals surface area contributed by atoms with Gasteiger partial charge in [-0.15, -0.1) is 0 Å². The lowest BCUT2D eigenvalue weighted by Gasteiger charge is -2.07. The maximum absolute atomic E-state index is 11.0. The van der Waals surface area contributed by atoms with Gasteiger partial charge in [0.2, 0.25) is 0 Å². The highest BCUT2D eigenvalue weighted by Gasteiger charge is 1.99. The maximum atomic E-state index is 11.0. The molecular formula is C15H18O3. The van der Waals surface area contributed by atoms with Crippen LogP contribution in [0.4, 0.5) is 0 Å². The van der Waals surface area contributed by atoms with Crippen molar-refractivity contribution in [3.8, 4) is 5.75 Å². The van der Waals surface area contributed by atoms with Gasteiger partial charge >= 0.3 is 5.97 Å². The molecule has 0 aliphatic carbocycles. The van der Waals surface area contributed by atoms with Crippen LogP contribution in [0.25, 0.3) is 6.08 Å². The predicted molar refractivity (Wildman–Crippen MR) is 72.4 cm³/mol. The van der Waals surface area contributed by atoms with Crippen molar-refractivity contribution in [2.75, 3.05) is 13.7 Å². The molecule has 1 aromatic carbocycles. The predicted octanol–water partition coefficient (Wildman–Crippen LogP) is 3.22. The first-order valence-corrected chi connectivity index (χ1v) is 5.74. The minimum absolute atomic E-state index is 0.380. The quantitative estimate of drug-likeness (QED) is 0.454. The molecule has 0 bridgehead atoms. The van der Waals surface area contributed by atoms with E-state index in [-0.39, 0.29) is 5.97 Å². The Morgan fingerprint density at radius 2 is 2.00 bits per heavy atom. The normalized spacial score (nSPS) is 10.2. The van der Waals surface area contributed by atoms with Crippen LogP contribution in [0, 0.1) is 0 Å². The topological polar surface area (TPSA) is 35.5 Å². The molecule has 96 valence electrons. The number of methoxy groups -OCH3 is 1. The number of allylic oxidation sites excluding steroid dienone is 1. The van der Waals surface area contributed by atoms with Gasteiger partial charge in [-0.3, -0.25) is 0 Å².